The van der Waals surface area contributed by atoms with E-state index in [0.717, 1.165) is 17.4 Å². The molecule has 0 unspecified atom stereocenters. The zero-order valence-electron chi connectivity index (χ0n) is 7.71. The summed E-state index contributed by atoms with van der Waals surface area (Å²) in [5, 5.41) is 9.05. The van der Waals surface area contributed by atoms with E-state index in [1.807, 2.05) is 10.9 Å². The van der Waals surface area contributed by atoms with Crippen LogP contribution in [0.15, 0.2) is 6.20 Å². The fourth-order valence-corrected chi connectivity index (χ4v) is 1.24. The van der Waals surface area contributed by atoms with Gasteiger partial charge in [-0.1, -0.05) is 21.1 Å². The van der Waals surface area contributed by atoms with Crippen molar-refractivity contribution in [1.29, 1.82) is 0 Å². The van der Waals surface area contributed by atoms with Gasteiger partial charge in [-0.25, -0.2) is 4.68 Å². The van der Waals surface area contributed by atoms with Gasteiger partial charge in [-0.15, -0.1) is 5.10 Å². The summed E-state index contributed by atoms with van der Waals surface area (Å²) in [7, 11) is 0. The fourth-order valence-electron chi connectivity index (χ4n) is 0.838. The summed E-state index contributed by atoms with van der Waals surface area (Å²) in [4.78, 5) is 0. The average Bonchev–Trinajstić information content (AvgIpc) is 2.35. The van der Waals surface area contributed by atoms with Crippen LogP contribution in [0.4, 0.5) is 0 Å². The van der Waals surface area contributed by atoms with Crippen molar-refractivity contribution in [3.8, 4) is 0 Å². The van der Waals surface area contributed by atoms with Crippen molar-refractivity contribution in [2.24, 2.45) is 0 Å². The molecule has 1 heterocycles. The van der Waals surface area contributed by atoms with Crippen LogP contribution in [0.2, 0.25) is 0 Å². The van der Waals surface area contributed by atoms with Gasteiger partial charge in [0, 0.05) is 17.9 Å². The third kappa shape index (κ3) is 2.30. The molecule has 0 saturated heterocycles. The van der Waals surface area contributed by atoms with Crippen molar-refractivity contribution in [3.63, 3.8) is 0 Å². The molecule has 4 heteroatoms. The van der Waals surface area contributed by atoms with Gasteiger partial charge in [0.1, 0.15) is 0 Å². The number of hydrogen-bond donors (Lipinski definition) is 0. The molecule has 0 spiro atoms. The van der Waals surface area contributed by atoms with Gasteiger partial charge in [-0.3, -0.25) is 0 Å². The highest BCUT2D eigenvalue weighted by Gasteiger charge is 2.14. The summed E-state index contributed by atoms with van der Waals surface area (Å²) >= 11 is 3.37. The number of rotatable bonds is 2. The second-order valence-electron chi connectivity index (χ2n) is 3.76. The molecule has 0 aliphatic rings. The van der Waals surface area contributed by atoms with Gasteiger partial charge in [0.15, 0.2) is 0 Å². The van der Waals surface area contributed by atoms with Crippen LogP contribution in [-0.4, -0.2) is 20.3 Å². The van der Waals surface area contributed by atoms with Crippen molar-refractivity contribution in [2.75, 3.05) is 5.33 Å². The maximum Gasteiger partial charge on any atom is 0.0835 e. The highest BCUT2D eigenvalue weighted by Crippen LogP contribution is 2.11. The number of halogens is 1. The molecule has 1 aromatic heterocycles. The topological polar surface area (TPSA) is 30.7 Å². The molecule has 0 N–H and O–H groups in total. The fraction of sp³-hybridized carbons (Fsp3) is 0.750. The van der Waals surface area contributed by atoms with E-state index in [9.17, 15) is 0 Å². The Hall–Kier alpha value is -0.380. The second-order valence-corrected chi connectivity index (χ2v) is 4.56. The standard InChI is InChI=1S/C8H14BrN3/c1-8(2,3)12-6-7(4-5-9)10-11-12/h6H,4-5H2,1-3H3. The van der Waals surface area contributed by atoms with Crippen molar-refractivity contribution in [3.05, 3.63) is 11.9 Å². The van der Waals surface area contributed by atoms with Crippen LogP contribution in [0.5, 0.6) is 0 Å². The molecule has 0 fully saturated rings. The van der Waals surface area contributed by atoms with Gasteiger partial charge in [0.05, 0.1) is 11.2 Å². The van der Waals surface area contributed by atoms with E-state index in [2.05, 4.69) is 47.0 Å². The largest absolute Gasteiger partial charge is 0.247 e. The van der Waals surface area contributed by atoms with E-state index < -0.39 is 0 Å². The van der Waals surface area contributed by atoms with Crippen LogP contribution in [0, 0.1) is 0 Å². The minimum Gasteiger partial charge on any atom is -0.247 e. The van der Waals surface area contributed by atoms with Gasteiger partial charge in [0.2, 0.25) is 0 Å². The van der Waals surface area contributed by atoms with E-state index in [1.54, 1.807) is 0 Å². The van der Waals surface area contributed by atoms with E-state index in [0.29, 0.717) is 0 Å². The minimum atomic E-state index is 0.0392. The average molecular weight is 232 g/mol. The Morgan fingerprint density at radius 2 is 2.17 bits per heavy atom. The van der Waals surface area contributed by atoms with Crippen molar-refractivity contribution in [1.82, 2.24) is 15.0 Å². The molecule has 0 atom stereocenters. The van der Waals surface area contributed by atoms with Gasteiger partial charge >= 0.3 is 0 Å². The van der Waals surface area contributed by atoms with Crippen LogP contribution >= 0.6 is 15.9 Å². The lowest BCUT2D eigenvalue weighted by molar-refractivity contribution is 0.347. The number of aryl methyl sites for hydroxylation is 1. The van der Waals surface area contributed by atoms with Crippen molar-refractivity contribution in [2.45, 2.75) is 32.7 Å². The SMILES string of the molecule is CC(C)(C)n1cc(CCBr)nn1. The Bertz CT molecular complexity index is 249. The van der Waals surface area contributed by atoms with Crippen LogP contribution in [-0.2, 0) is 12.0 Å². The maximum absolute atomic E-state index is 4.06. The zero-order valence-corrected chi connectivity index (χ0v) is 9.30. The number of alkyl halides is 1. The molecule has 0 aliphatic heterocycles. The van der Waals surface area contributed by atoms with Gasteiger partial charge < -0.3 is 0 Å². The Morgan fingerprint density at radius 3 is 2.58 bits per heavy atom. The highest BCUT2D eigenvalue weighted by molar-refractivity contribution is 9.09. The molecule has 0 aromatic carbocycles. The molecule has 12 heavy (non-hydrogen) atoms. The smallest absolute Gasteiger partial charge is 0.0835 e. The van der Waals surface area contributed by atoms with E-state index in [4.69, 9.17) is 0 Å². The molecule has 1 rings (SSSR count). The zero-order chi connectivity index (χ0) is 9.19. The van der Waals surface area contributed by atoms with Crippen molar-refractivity contribution >= 4 is 15.9 Å². The van der Waals surface area contributed by atoms with Gasteiger partial charge in [-0.05, 0) is 20.8 Å². The molecule has 0 aliphatic carbocycles. The van der Waals surface area contributed by atoms with E-state index in [1.165, 1.54) is 0 Å². The molecular formula is C8H14BrN3. The van der Waals surface area contributed by atoms with Crippen LogP contribution < -0.4 is 0 Å². The van der Waals surface area contributed by atoms with E-state index in [-0.39, 0.29) is 5.54 Å². The highest BCUT2D eigenvalue weighted by atomic mass is 79.9. The van der Waals surface area contributed by atoms with Gasteiger partial charge in [0.25, 0.3) is 0 Å². The van der Waals surface area contributed by atoms with Crippen LogP contribution in [0.1, 0.15) is 26.5 Å². The normalized spacial score (nSPS) is 12.0. The molecule has 0 saturated carbocycles. The van der Waals surface area contributed by atoms with Crippen LogP contribution in [0.3, 0.4) is 0 Å². The third-order valence-electron chi connectivity index (χ3n) is 1.58. The molecule has 0 radical (unpaired) electrons. The maximum atomic E-state index is 4.06. The molecule has 3 nitrogen and oxygen atoms in total. The predicted molar refractivity (Wildman–Crippen MR) is 52.5 cm³/mol. The van der Waals surface area contributed by atoms with Gasteiger partial charge in [-0.2, -0.15) is 0 Å². The summed E-state index contributed by atoms with van der Waals surface area (Å²) in [6, 6.07) is 0. The summed E-state index contributed by atoms with van der Waals surface area (Å²) in [5.41, 5.74) is 1.08. The van der Waals surface area contributed by atoms with Crippen molar-refractivity contribution < 1.29 is 0 Å². The monoisotopic (exact) mass is 231 g/mol. The molecule has 68 valence electrons. The lowest BCUT2D eigenvalue weighted by Crippen LogP contribution is -2.22. The Kier molecular flexibility index (Phi) is 2.88. The molecule has 0 amide bonds. The molecular weight excluding hydrogens is 218 g/mol. The summed E-state index contributed by atoms with van der Waals surface area (Å²) < 4.78 is 1.89. The first kappa shape index (κ1) is 9.71. The first-order valence-corrected chi connectivity index (χ1v) is 5.14. The first-order chi connectivity index (χ1) is 5.54. The lowest BCUT2D eigenvalue weighted by atomic mass is 10.1. The Balaban J connectivity index is 2.77. The Morgan fingerprint density at radius 1 is 1.50 bits per heavy atom. The first-order valence-electron chi connectivity index (χ1n) is 4.01. The van der Waals surface area contributed by atoms with E-state index >= 15 is 0 Å². The lowest BCUT2D eigenvalue weighted by Gasteiger charge is -2.17. The minimum absolute atomic E-state index is 0.0392. The number of hydrogen-bond acceptors (Lipinski definition) is 2. The second kappa shape index (κ2) is 3.56. The van der Waals surface area contributed by atoms with Crippen LogP contribution in [0.25, 0.3) is 0 Å². The molecule has 0 bridgehead atoms. The third-order valence-corrected chi connectivity index (χ3v) is 1.98. The number of nitrogens with zero attached hydrogens (tertiary/aromatic N) is 3. The quantitative estimate of drug-likeness (QED) is 0.730. The molecule has 1 aromatic rings. The summed E-state index contributed by atoms with van der Waals surface area (Å²) in [6.45, 7) is 6.33. The Labute approximate surface area is 81.3 Å². The summed E-state index contributed by atoms with van der Waals surface area (Å²) in [5.74, 6) is 0. The predicted octanol–water partition coefficient (Wildman–Crippen LogP) is 1.97. The number of aromatic nitrogens is 3. The summed E-state index contributed by atoms with van der Waals surface area (Å²) in [6.07, 6.45) is 2.94.